The van der Waals surface area contributed by atoms with Gasteiger partial charge in [0.1, 0.15) is 11.8 Å². The Morgan fingerprint density at radius 1 is 1.06 bits per heavy atom. The van der Waals surface area contributed by atoms with Crippen LogP contribution in [0.5, 0.6) is 5.75 Å². The molecule has 2 amide bonds. The molecule has 0 bridgehead atoms. The zero-order chi connectivity index (χ0) is 23.1. The fraction of sp³-hybridized carbons (Fsp3) is 0.417. The summed E-state index contributed by atoms with van der Waals surface area (Å²) in [5, 5.41) is 3.85. The Labute approximate surface area is 194 Å². The third kappa shape index (κ3) is 7.44. The highest BCUT2D eigenvalue weighted by Crippen LogP contribution is 2.24. The third-order valence-corrected chi connectivity index (χ3v) is 5.32. The molecule has 31 heavy (non-hydrogen) atoms. The molecule has 0 heterocycles. The average molecular weight is 465 g/mol. The van der Waals surface area contributed by atoms with Gasteiger partial charge in [0.15, 0.2) is 6.61 Å². The van der Waals surface area contributed by atoms with E-state index in [0.29, 0.717) is 27.8 Å². The van der Waals surface area contributed by atoms with Gasteiger partial charge in [-0.25, -0.2) is 0 Å². The highest BCUT2D eigenvalue weighted by atomic mass is 35.5. The fourth-order valence-corrected chi connectivity index (χ4v) is 3.85. The minimum atomic E-state index is -0.649. The Bertz CT molecular complexity index is 911. The van der Waals surface area contributed by atoms with Crippen molar-refractivity contribution in [2.45, 2.75) is 59.7 Å². The molecule has 0 saturated heterocycles. The first-order valence-electron chi connectivity index (χ1n) is 10.4. The van der Waals surface area contributed by atoms with E-state index >= 15 is 0 Å². The lowest BCUT2D eigenvalue weighted by molar-refractivity contribution is -0.143. The lowest BCUT2D eigenvalue weighted by atomic mass is 10.1. The molecule has 1 atom stereocenters. The Morgan fingerprint density at radius 3 is 2.26 bits per heavy atom. The SMILES string of the molecule is CC[C@H](C(=O)NC(C)C)N(Cc1ccc(Cl)cc1Cl)C(=O)COc1cc(C)cc(C)c1. The normalized spacial score (nSPS) is 11.9. The van der Waals surface area contributed by atoms with Crippen molar-refractivity contribution in [2.24, 2.45) is 0 Å². The summed E-state index contributed by atoms with van der Waals surface area (Å²) in [6.45, 7) is 9.58. The smallest absolute Gasteiger partial charge is 0.261 e. The van der Waals surface area contributed by atoms with Crippen LogP contribution in [0.3, 0.4) is 0 Å². The number of rotatable bonds is 9. The zero-order valence-electron chi connectivity index (χ0n) is 18.7. The molecule has 0 saturated carbocycles. The number of benzene rings is 2. The van der Waals surface area contributed by atoms with Gasteiger partial charge in [-0.2, -0.15) is 0 Å². The molecule has 2 aromatic carbocycles. The van der Waals surface area contributed by atoms with E-state index in [-0.39, 0.29) is 31.0 Å². The Morgan fingerprint density at radius 2 is 1.71 bits per heavy atom. The third-order valence-electron chi connectivity index (χ3n) is 4.73. The molecule has 0 fully saturated rings. The van der Waals surface area contributed by atoms with Gasteiger partial charge in [-0.1, -0.05) is 42.3 Å². The molecule has 0 spiro atoms. The van der Waals surface area contributed by atoms with Gasteiger partial charge in [0.25, 0.3) is 5.91 Å². The molecule has 7 heteroatoms. The molecule has 0 aromatic heterocycles. The number of nitrogens with one attached hydrogen (secondary N) is 1. The van der Waals surface area contributed by atoms with Gasteiger partial charge in [0.2, 0.25) is 5.91 Å². The van der Waals surface area contributed by atoms with Crippen LogP contribution in [0, 0.1) is 13.8 Å². The second-order valence-electron chi connectivity index (χ2n) is 7.96. The van der Waals surface area contributed by atoms with E-state index in [1.54, 1.807) is 18.2 Å². The monoisotopic (exact) mass is 464 g/mol. The molecule has 0 radical (unpaired) electrons. The summed E-state index contributed by atoms with van der Waals surface area (Å²) in [5.74, 6) is 0.119. The van der Waals surface area contributed by atoms with Gasteiger partial charge in [-0.3, -0.25) is 9.59 Å². The lowest BCUT2D eigenvalue weighted by Crippen LogP contribution is -2.51. The minimum Gasteiger partial charge on any atom is -0.484 e. The molecular weight excluding hydrogens is 435 g/mol. The van der Waals surface area contributed by atoms with E-state index in [0.717, 1.165) is 11.1 Å². The van der Waals surface area contributed by atoms with Crippen molar-refractivity contribution in [1.29, 1.82) is 0 Å². The van der Waals surface area contributed by atoms with Crippen molar-refractivity contribution in [2.75, 3.05) is 6.61 Å². The Kier molecular flexibility index (Phi) is 9.20. The largest absolute Gasteiger partial charge is 0.484 e. The van der Waals surface area contributed by atoms with E-state index in [1.807, 2.05) is 52.8 Å². The van der Waals surface area contributed by atoms with E-state index < -0.39 is 6.04 Å². The molecule has 0 aliphatic heterocycles. The van der Waals surface area contributed by atoms with Gasteiger partial charge in [-0.15, -0.1) is 0 Å². The highest BCUT2D eigenvalue weighted by molar-refractivity contribution is 6.35. The number of nitrogens with zero attached hydrogens (tertiary/aromatic N) is 1. The summed E-state index contributed by atoms with van der Waals surface area (Å²) in [4.78, 5) is 27.6. The van der Waals surface area contributed by atoms with Crippen LogP contribution in [0.4, 0.5) is 0 Å². The molecule has 2 rings (SSSR count). The van der Waals surface area contributed by atoms with E-state index in [2.05, 4.69) is 5.32 Å². The maximum absolute atomic E-state index is 13.2. The van der Waals surface area contributed by atoms with Crippen molar-refractivity contribution in [3.8, 4) is 5.75 Å². The van der Waals surface area contributed by atoms with Crippen molar-refractivity contribution >= 4 is 35.0 Å². The van der Waals surface area contributed by atoms with Crippen molar-refractivity contribution in [3.63, 3.8) is 0 Å². The maximum atomic E-state index is 13.2. The quantitative estimate of drug-likeness (QED) is 0.545. The summed E-state index contributed by atoms with van der Waals surface area (Å²) in [7, 11) is 0. The molecule has 168 valence electrons. The van der Waals surface area contributed by atoms with Crippen LogP contribution in [0.2, 0.25) is 10.0 Å². The molecule has 2 aromatic rings. The van der Waals surface area contributed by atoms with Crippen molar-refractivity contribution in [1.82, 2.24) is 10.2 Å². The number of amides is 2. The van der Waals surface area contributed by atoms with Gasteiger partial charge in [-0.05, 0) is 75.1 Å². The minimum absolute atomic E-state index is 0.0378. The second kappa shape index (κ2) is 11.4. The Hall–Kier alpha value is -2.24. The van der Waals surface area contributed by atoms with Gasteiger partial charge < -0.3 is 15.0 Å². The number of hydrogen-bond acceptors (Lipinski definition) is 3. The second-order valence-corrected chi connectivity index (χ2v) is 8.80. The summed E-state index contributed by atoms with van der Waals surface area (Å²) < 4.78 is 5.78. The summed E-state index contributed by atoms with van der Waals surface area (Å²) in [6, 6.07) is 10.2. The van der Waals surface area contributed by atoms with Crippen LogP contribution in [0.25, 0.3) is 0 Å². The maximum Gasteiger partial charge on any atom is 0.261 e. The first-order chi connectivity index (χ1) is 14.6. The Balaban J connectivity index is 2.27. The topological polar surface area (TPSA) is 58.6 Å². The molecule has 0 aliphatic carbocycles. The van der Waals surface area contributed by atoms with Crippen LogP contribution >= 0.6 is 23.2 Å². The number of ether oxygens (including phenoxy) is 1. The average Bonchev–Trinajstić information content (AvgIpc) is 2.66. The summed E-state index contributed by atoms with van der Waals surface area (Å²) in [5.41, 5.74) is 2.81. The lowest BCUT2D eigenvalue weighted by Gasteiger charge is -2.31. The predicted octanol–water partition coefficient (Wildman–Crippen LogP) is 5.32. The number of aryl methyl sites for hydroxylation is 2. The fourth-order valence-electron chi connectivity index (χ4n) is 3.38. The molecule has 1 N–H and O–H groups in total. The predicted molar refractivity (Wildman–Crippen MR) is 126 cm³/mol. The van der Waals surface area contributed by atoms with Crippen molar-refractivity contribution < 1.29 is 14.3 Å². The molecule has 0 unspecified atom stereocenters. The van der Waals surface area contributed by atoms with Crippen molar-refractivity contribution in [3.05, 3.63) is 63.1 Å². The summed E-state index contributed by atoms with van der Waals surface area (Å²) >= 11 is 12.4. The van der Waals surface area contributed by atoms with Crippen LogP contribution in [0.1, 0.15) is 43.9 Å². The number of carbonyl (C=O) groups is 2. The first-order valence-corrected chi connectivity index (χ1v) is 11.1. The first kappa shape index (κ1) is 25.0. The van der Waals surface area contributed by atoms with E-state index in [1.165, 1.54) is 4.90 Å². The van der Waals surface area contributed by atoms with Crippen LogP contribution in [0.15, 0.2) is 36.4 Å². The van der Waals surface area contributed by atoms with E-state index in [4.69, 9.17) is 27.9 Å². The number of halogens is 2. The standard InChI is InChI=1S/C24H30Cl2N2O3/c1-6-22(24(30)27-15(2)3)28(13-18-7-8-19(25)12-21(18)26)23(29)14-31-20-10-16(4)9-17(5)11-20/h7-12,15,22H,6,13-14H2,1-5H3,(H,27,30)/t22-/m1/s1. The number of hydrogen-bond donors (Lipinski definition) is 1. The molecule has 0 aliphatic rings. The van der Waals surface area contributed by atoms with Gasteiger partial charge in [0.05, 0.1) is 0 Å². The van der Waals surface area contributed by atoms with Gasteiger partial charge >= 0.3 is 0 Å². The molecular formula is C24H30Cl2N2O3. The molecule has 5 nitrogen and oxygen atoms in total. The zero-order valence-corrected chi connectivity index (χ0v) is 20.2. The summed E-state index contributed by atoms with van der Waals surface area (Å²) in [6.07, 6.45) is 0.457. The van der Waals surface area contributed by atoms with Crippen LogP contribution < -0.4 is 10.1 Å². The van der Waals surface area contributed by atoms with Gasteiger partial charge in [0, 0.05) is 22.6 Å². The van der Waals surface area contributed by atoms with Crippen LogP contribution in [-0.4, -0.2) is 35.4 Å². The number of carbonyl (C=O) groups excluding carboxylic acids is 2. The van der Waals surface area contributed by atoms with E-state index in [9.17, 15) is 9.59 Å². The van der Waals surface area contributed by atoms with Crippen LogP contribution in [-0.2, 0) is 16.1 Å². The highest BCUT2D eigenvalue weighted by Gasteiger charge is 2.29.